The van der Waals surface area contributed by atoms with Crippen LogP contribution < -0.4 is 10.9 Å². The number of nitrogens with zero attached hydrogens (tertiary/aromatic N) is 1. The maximum absolute atomic E-state index is 12.6. The molecule has 0 unspecified atom stereocenters. The first-order valence-corrected chi connectivity index (χ1v) is 7.85. The standard InChI is InChI=1S/C17H18N2O3/c20-15-12-7-3-4-10-8-9-19(14(10)12)17(22)13(15)16(21)18-11-5-1-2-6-11/h3-4,7,11,20H,1-2,5-6,8-9H2,(H,18,21). The van der Waals surface area contributed by atoms with Crippen molar-refractivity contribution in [2.45, 2.75) is 44.7 Å². The molecule has 114 valence electrons. The van der Waals surface area contributed by atoms with Gasteiger partial charge in [0, 0.05) is 18.0 Å². The highest BCUT2D eigenvalue weighted by molar-refractivity contribution is 6.03. The van der Waals surface area contributed by atoms with Crippen LogP contribution in [0.25, 0.3) is 10.9 Å². The molecular formula is C17H18N2O3. The van der Waals surface area contributed by atoms with Gasteiger partial charge in [-0.05, 0) is 30.9 Å². The van der Waals surface area contributed by atoms with Gasteiger partial charge in [-0.15, -0.1) is 0 Å². The number of nitrogens with one attached hydrogen (secondary N) is 1. The number of aryl methyl sites for hydroxylation is 2. The lowest BCUT2D eigenvalue weighted by molar-refractivity contribution is 0.0933. The highest BCUT2D eigenvalue weighted by atomic mass is 16.3. The first-order chi connectivity index (χ1) is 10.7. The van der Waals surface area contributed by atoms with Crippen LogP contribution in [0.3, 0.4) is 0 Å². The lowest BCUT2D eigenvalue weighted by Crippen LogP contribution is -2.37. The first kappa shape index (κ1) is 13.4. The van der Waals surface area contributed by atoms with Crippen molar-refractivity contribution in [2.24, 2.45) is 0 Å². The average Bonchev–Trinajstić information content (AvgIpc) is 3.14. The molecule has 0 bridgehead atoms. The number of hydrogen-bond acceptors (Lipinski definition) is 3. The predicted molar refractivity (Wildman–Crippen MR) is 83.3 cm³/mol. The largest absolute Gasteiger partial charge is 0.506 e. The van der Waals surface area contributed by atoms with Crippen molar-refractivity contribution in [3.8, 4) is 5.75 Å². The summed E-state index contributed by atoms with van der Waals surface area (Å²) in [5.74, 6) is -0.632. The van der Waals surface area contributed by atoms with Crippen molar-refractivity contribution < 1.29 is 9.90 Å². The molecule has 1 saturated carbocycles. The van der Waals surface area contributed by atoms with Gasteiger partial charge in [0.1, 0.15) is 11.3 Å². The minimum Gasteiger partial charge on any atom is -0.506 e. The number of hydrogen-bond donors (Lipinski definition) is 2. The van der Waals surface area contributed by atoms with Crippen LogP contribution >= 0.6 is 0 Å². The third kappa shape index (κ3) is 1.85. The number of aromatic nitrogens is 1. The lowest BCUT2D eigenvalue weighted by atomic mass is 10.1. The zero-order valence-electron chi connectivity index (χ0n) is 12.3. The van der Waals surface area contributed by atoms with Gasteiger partial charge in [0.2, 0.25) is 0 Å². The van der Waals surface area contributed by atoms with Crippen molar-refractivity contribution in [2.75, 3.05) is 0 Å². The highest BCUT2D eigenvalue weighted by Gasteiger charge is 2.27. The summed E-state index contributed by atoms with van der Waals surface area (Å²) < 4.78 is 1.62. The second kappa shape index (κ2) is 4.87. The summed E-state index contributed by atoms with van der Waals surface area (Å²) in [4.78, 5) is 25.1. The monoisotopic (exact) mass is 298 g/mol. The van der Waals surface area contributed by atoms with Crippen LogP contribution in [0.2, 0.25) is 0 Å². The van der Waals surface area contributed by atoms with Gasteiger partial charge in [0.25, 0.3) is 11.5 Å². The van der Waals surface area contributed by atoms with Crippen LogP contribution in [0.15, 0.2) is 23.0 Å². The zero-order valence-corrected chi connectivity index (χ0v) is 12.3. The molecule has 4 rings (SSSR count). The summed E-state index contributed by atoms with van der Waals surface area (Å²) in [5, 5.41) is 14.0. The summed E-state index contributed by atoms with van der Waals surface area (Å²) in [6.45, 7) is 0.568. The van der Waals surface area contributed by atoms with E-state index in [-0.39, 0.29) is 22.9 Å². The molecule has 5 heteroatoms. The minimum atomic E-state index is -0.447. The Kier molecular flexibility index (Phi) is 2.96. The van der Waals surface area contributed by atoms with E-state index in [1.807, 2.05) is 12.1 Å². The molecule has 1 aliphatic carbocycles. The quantitative estimate of drug-likeness (QED) is 0.890. The van der Waals surface area contributed by atoms with Crippen LogP contribution in [-0.4, -0.2) is 21.6 Å². The number of rotatable bonds is 2. The lowest BCUT2D eigenvalue weighted by Gasteiger charge is -2.14. The van der Waals surface area contributed by atoms with E-state index in [4.69, 9.17) is 0 Å². The average molecular weight is 298 g/mol. The molecule has 5 nitrogen and oxygen atoms in total. The third-order valence-electron chi connectivity index (χ3n) is 4.86. The Hall–Kier alpha value is -2.30. The third-order valence-corrected chi connectivity index (χ3v) is 4.86. The van der Waals surface area contributed by atoms with E-state index in [0.717, 1.165) is 43.2 Å². The number of aromatic hydroxyl groups is 1. The summed E-state index contributed by atoms with van der Waals surface area (Å²) in [5.41, 5.74) is 1.32. The van der Waals surface area contributed by atoms with E-state index in [1.165, 1.54) is 0 Å². The SMILES string of the molecule is O=C(NC1CCCC1)c1c(O)c2cccc3c2n(c1=O)CC3. The van der Waals surface area contributed by atoms with Gasteiger partial charge in [-0.1, -0.05) is 25.0 Å². The number of carbonyl (C=O) groups excluding carboxylic acids is 1. The Labute approximate surface area is 127 Å². The summed E-state index contributed by atoms with van der Waals surface area (Å²) in [6.07, 6.45) is 4.85. The van der Waals surface area contributed by atoms with Gasteiger partial charge >= 0.3 is 0 Å². The smallest absolute Gasteiger partial charge is 0.267 e. The highest BCUT2D eigenvalue weighted by Crippen LogP contribution is 2.32. The van der Waals surface area contributed by atoms with Gasteiger partial charge < -0.3 is 15.0 Å². The van der Waals surface area contributed by atoms with Crippen molar-refractivity contribution in [3.05, 3.63) is 39.7 Å². The Morgan fingerprint density at radius 3 is 2.82 bits per heavy atom. The van der Waals surface area contributed by atoms with Gasteiger partial charge in [0.15, 0.2) is 0 Å². The van der Waals surface area contributed by atoms with Crippen LogP contribution in [-0.2, 0) is 13.0 Å². The fourth-order valence-electron chi connectivity index (χ4n) is 3.75. The molecule has 22 heavy (non-hydrogen) atoms. The Morgan fingerprint density at radius 2 is 2.05 bits per heavy atom. The van der Waals surface area contributed by atoms with Crippen molar-refractivity contribution in [3.63, 3.8) is 0 Å². The molecule has 1 amide bonds. The fraction of sp³-hybridized carbons (Fsp3) is 0.412. The number of para-hydroxylation sites is 1. The number of benzene rings is 1. The predicted octanol–water partition coefficient (Wildman–Crippen LogP) is 1.94. The molecule has 1 aromatic carbocycles. The van der Waals surface area contributed by atoms with Crippen molar-refractivity contribution in [1.82, 2.24) is 9.88 Å². The molecule has 0 saturated heterocycles. The molecule has 0 atom stereocenters. The second-order valence-corrected chi connectivity index (χ2v) is 6.20. The maximum Gasteiger partial charge on any atom is 0.267 e. The van der Waals surface area contributed by atoms with E-state index in [1.54, 1.807) is 10.6 Å². The molecule has 0 spiro atoms. The molecule has 2 N–H and O–H groups in total. The molecule has 1 aliphatic heterocycles. The molecule has 0 radical (unpaired) electrons. The summed E-state index contributed by atoms with van der Waals surface area (Å²) >= 11 is 0. The van der Waals surface area contributed by atoms with Crippen molar-refractivity contribution in [1.29, 1.82) is 0 Å². The van der Waals surface area contributed by atoms with E-state index >= 15 is 0 Å². The van der Waals surface area contributed by atoms with E-state index < -0.39 is 5.91 Å². The van der Waals surface area contributed by atoms with E-state index in [9.17, 15) is 14.7 Å². The topological polar surface area (TPSA) is 71.3 Å². The molecular weight excluding hydrogens is 280 g/mol. The van der Waals surface area contributed by atoms with E-state index in [0.29, 0.717) is 11.9 Å². The molecule has 1 aromatic heterocycles. The zero-order chi connectivity index (χ0) is 15.3. The van der Waals surface area contributed by atoms with Gasteiger partial charge in [-0.3, -0.25) is 9.59 Å². The summed E-state index contributed by atoms with van der Waals surface area (Å²) in [7, 11) is 0. The minimum absolute atomic E-state index is 0.113. The Morgan fingerprint density at radius 1 is 1.27 bits per heavy atom. The number of amides is 1. The summed E-state index contributed by atoms with van der Waals surface area (Å²) in [6, 6.07) is 5.70. The number of carbonyl (C=O) groups is 1. The Bertz CT molecular complexity index is 832. The van der Waals surface area contributed by atoms with Crippen LogP contribution in [0.4, 0.5) is 0 Å². The normalized spacial score (nSPS) is 17.3. The first-order valence-electron chi connectivity index (χ1n) is 7.85. The van der Waals surface area contributed by atoms with Gasteiger partial charge in [-0.2, -0.15) is 0 Å². The van der Waals surface area contributed by atoms with Crippen molar-refractivity contribution >= 4 is 16.8 Å². The Balaban J connectivity index is 1.85. The molecule has 2 aromatic rings. The van der Waals surface area contributed by atoms with Crippen LogP contribution in [0, 0.1) is 0 Å². The maximum atomic E-state index is 12.6. The fourth-order valence-corrected chi connectivity index (χ4v) is 3.75. The molecule has 2 aliphatic rings. The van der Waals surface area contributed by atoms with Crippen LogP contribution in [0.1, 0.15) is 41.6 Å². The van der Waals surface area contributed by atoms with Gasteiger partial charge in [0.05, 0.1) is 5.52 Å². The molecule has 1 fully saturated rings. The molecule has 2 heterocycles. The second-order valence-electron chi connectivity index (χ2n) is 6.20. The van der Waals surface area contributed by atoms with Crippen LogP contribution in [0.5, 0.6) is 5.75 Å². The van der Waals surface area contributed by atoms with E-state index in [2.05, 4.69) is 5.32 Å². The van der Waals surface area contributed by atoms with Gasteiger partial charge in [-0.25, -0.2) is 0 Å². The number of pyridine rings is 1.